The fourth-order valence-corrected chi connectivity index (χ4v) is 11.8. The first kappa shape index (κ1) is 36.6. The van der Waals surface area contributed by atoms with E-state index in [1.165, 1.54) is 24.0 Å². The molecule has 0 bridgehead atoms. The molecular weight excluding hydrogens is 635 g/mol. The Kier molecular flexibility index (Phi) is 11.0. The van der Waals surface area contributed by atoms with Crippen LogP contribution in [0, 0.1) is 35.0 Å². The molecule has 51 heavy (non-hydrogen) atoms. The molecule has 7 nitrogen and oxygen atoms in total. The van der Waals surface area contributed by atoms with Crippen molar-refractivity contribution < 1.29 is 19.1 Å². The highest BCUT2D eigenvalue weighted by Crippen LogP contribution is 2.65. The molecule has 2 saturated heterocycles. The molecule has 4 aliphatic carbocycles. The zero-order chi connectivity index (χ0) is 35.8. The number of nitrogens with one attached hydrogen (secondary N) is 2. The van der Waals surface area contributed by atoms with Crippen LogP contribution < -0.4 is 10.6 Å². The molecule has 1 aromatic rings. The summed E-state index contributed by atoms with van der Waals surface area (Å²) in [4.78, 5) is 40.0. The molecule has 9 atom stereocenters. The first-order valence-electron chi connectivity index (χ1n) is 20.5. The van der Waals surface area contributed by atoms with Crippen molar-refractivity contribution in [3.8, 4) is 0 Å². The molecule has 1 spiro atoms. The first-order chi connectivity index (χ1) is 24.6. The summed E-state index contributed by atoms with van der Waals surface area (Å²) in [5.41, 5.74) is 5.87. The lowest BCUT2D eigenvalue weighted by Crippen LogP contribution is -2.54. The van der Waals surface area contributed by atoms with E-state index in [4.69, 9.17) is 4.74 Å². The third kappa shape index (κ3) is 7.28. The number of benzene rings is 1. The molecule has 2 N–H and O–H groups in total. The quantitative estimate of drug-likeness (QED) is 0.176. The Hall–Kier alpha value is -2.77. The second kappa shape index (κ2) is 15.3. The molecule has 0 unspecified atom stereocenters. The van der Waals surface area contributed by atoms with E-state index in [9.17, 15) is 14.4 Å². The van der Waals surface area contributed by atoms with Crippen molar-refractivity contribution in [3.63, 3.8) is 0 Å². The van der Waals surface area contributed by atoms with Crippen molar-refractivity contribution in [2.75, 3.05) is 26.2 Å². The smallest absolute Gasteiger partial charge is 0.220 e. The monoisotopic (exact) mass is 697 g/mol. The van der Waals surface area contributed by atoms with Gasteiger partial charge < -0.3 is 15.4 Å². The number of amides is 2. The maximum Gasteiger partial charge on any atom is 0.220 e. The Labute approximate surface area is 306 Å². The van der Waals surface area contributed by atoms with Gasteiger partial charge in [0.1, 0.15) is 5.78 Å². The number of carbonyl (C=O) groups is 3. The largest absolute Gasteiger partial charge is 0.365 e. The van der Waals surface area contributed by atoms with Crippen LogP contribution in [0.1, 0.15) is 117 Å². The SMILES string of the molecule is CC1=C2C[C@@H]3[C@@H](CC=C4CC(=O)CC[C@@]43C)[C@H]2CC[C@@]12O[C@@H]1C[C@H](C)CN(CCNC(=O)CCCCCNC(=O)CCc3ccccc3)[C@@H]1[C@H]2C. The molecule has 7 rings (SSSR count). The highest BCUT2D eigenvalue weighted by Gasteiger charge is 2.61. The van der Waals surface area contributed by atoms with Gasteiger partial charge in [0.2, 0.25) is 11.8 Å². The van der Waals surface area contributed by atoms with Crippen LogP contribution in [0.4, 0.5) is 0 Å². The predicted octanol–water partition coefficient (Wildman–Crippen LogP) is 7.35. The van der Waals surface area contributed by atoms with E-state index >= 15 is 0 Å². The number of ether oxygens (including phenoxy) is 1. The van der Waals surface area contributed by atoms with Gasteiger partial charge >= 0.3 is 0 Å². The molecule has 0 radical (unpaired) electrons. The molecule has 0 aromatic heterocycles. The number of nitrogens with zero attached hydrogens (tertiary/aromatic N) is 1. The van der Waals surface area contributed by atoms with Crippen molar-refractivity contribution >= 4 is 17.6 Å². The molecule has 278 valence electrons. The van der Waals surface area contributed by atoms with Gasteiger partial charge in [-0.05, 0) is 105 Å². The summed E-state index contributed by atoms with van der Waals surface area (Å²) < 4.78 is 7.32. The van der Waals surface area contributed by atoms with E-state index in [0.29, 0.717) is 73.8 Å². The van der Waals surface area contributed by atoms with Crippen molar-refractivity contribution in [2.45, 2.75) is 135 Å². The van der Waals surface area contributed by atoms with Crippen molar-refractivity contribution in [1.82, 2.24) is 15.5 Å². The molecule has 7 heteroatoms. The van der Waals surface area contributed by atoms with Crippen molar-refractivity contribution in [3.05, 3.63) is 58.7 Å². The number of ketones is 1. The topological polar surface area (TPSA) is 87.7 Å². The summed E-state index contributed by atoms with van der Waals surface area (Å²) in [5, 5.41) is 6.25. The second-order valence-electron chi connectivity index (χ2n) is 17.5. The van der Waals surface area contributed by atoms with Crippen LogP contribution in [0.5, 0.6) is 0 Å². The van der Waals surface area contributed by atoms with Crippen LogP contribution in [0.3, 0.4) is 0 Å². The van der Waals surface area contributed by atoms with Gasteiger partial charge in [-0.15, -0.1) is 0 Å². The minimum atomic E-state index is -0.179. The number of Topliss-reactive ketones (excluding diaryl/α,β-unsaturated/α-hetero) is 1. The molecular formula is C44H63N3O4. The predicted molar refractivity (Wildman–Crippen MR) is 202 cm³/mol. The fraction of sp³-hybridized carbons (Fsp3) is 0.705. The Bertz CT molecular complexity index is 1520. The number of rotatable bonds is 12. The van der Waals surface area contributed by atoms with Crippen LogP contribution in [-0.2, 0) is 25.5 Å². The van der Waals surface area contributed by atoms with Gasteiger partial charge in [0.15, 0.2) is 0 Å². The van der Waals surface area contributed by atoms with Crippen LogP contribution in [0.2, 0.25) is 0 Å². The van der Waals surface area contributed by atoms with Gasteiger partial charge in [0.05, 0.1) is 11.7 Å². The summed E-state index contributed by atoms with van der Waals surface area (Å²) in [6.45, 7) is 13.0. The van der Waals surface area contributed by atoms with E-state index in [0.717, 1.165) is 70.9 Å². The molecule has 2 aliphatic heterocycles. The lowest BCUT2D eigenvalue weighted by atomic mass is 9.57. The number of fused-ring (bicyclic) bond motifs is 6. The highest BCUT2D eigenvalue weighted by molar-refractivity contribution is 5.82. The van der Waals surface area contributed by atoms with Gasteiger partial charge in [-0.1, -0.05) is 74.7 Å². The number of allylic oxidation sites excluding steroid dienone is 3. The second-order valence-corrected chi connectivity index (χ2v) is 17.5. The Balaban J connectivity index is 0.881. The van der Waals surface area contributed by atoms with E-state index in [1.807, 2.05) is 18.2 Å². The summed E-state index contributed by atoms with van der Waals surface area (Å²) in [6.07, 6.45) is 15.4. The van der Waals surface area contributed by atoms with Gasteiger partial charge in [-0.2, -0.15) is 0 Å². The van der Waals surface area contributed by atoms with Gasteiger partial charge in [0, 0.05) is 63.8 Å². The Morgan fingerprint density at radius 3 is 2.61 bits per heavy atom. The number of carbonyl (C=O) groups excluding carboxylic acids is 3. The number of piperidine rings is 1. The van der Waals surface area contributed by atoms with Crippen molar-refractivity contribution in [1.29, 1.82) is 0 Å². The fourth-order valence-electron chi connectivity index (χ4n) is 11.8. The van der Waals surface area contributed by atoms with E-state index in [-0.39, 0.29) is 28.9 Å². The van der Waals surface area contributed by atoms with Gasteiger partial charge in [-0.3, -0.25) is 19.3 Å². The van der Waals surface area contributed by atoms with Crippen LogP contribution >= 0.6 is 0 Å². The van der Waals surface area contributed by atoms with E-state index in [2.05, 4.69) is 61.4 Å². The lowest BCUT2D eigenvalue weighted by Gasteiger charge is -2.47. The number of hydrogen-bond acceptors (Lipinski definition) is 5. The van der Waals surface area contributed by atoms with Crippen LogP contribution in [0.15, 0.2) is 53.1 Å². The normalized spacial score (nSPS) is 35.9. The molecule has 6 aliphatic rings. The zero-order valence-corrected chi connectivity index (χ0v) is 31.8. The van der Waals surface area contributed by atoms with E-state index < -0.39 is 0 Å². The molecule has 4 fully saturated rings. The average Bonchev–Trinajstić information content (AvgIpc) is 3.64. The molecule has 2 heterocycles. The third-order valence-electron chi connectivity index (χ3n) is 14.6. The Morgan fingerprint density at radius 2 is 1.78 bits per heavy atom. The van der Waals surface area contributed by atoms with Crippen LogP contribution in [-0.4, -0.2) is 66.4 Å². The van der Waals surface area contributed by atoms with E-state index in [1.54, 1.807) is 11.1 Å². The van der Waals surface area contributed by atoms with Gasteiger partial charge in [-0.25, -0.2) is 0 Å². The Morgan fingerprint density at radius 1 is 1.00 bits per heavy atom. The maximum absolute atomic E-state index is 12.8. The molecule has 1 aromatic carbocycles. The first-order valence-corrected chi connectivity index (χ1v) is 20.5. The number of aryl methyl sites for hydroxylation is 1. The van der Waals surface area contributed by atoms with Gasteiger partial charge in [0.25, 0.3) is 0 Å². The lowest BCUT2D eigenvalue weighted by molar-refractivity contribution is -0.122. The standard InChI is InChI=1S/C44H63N3O4/c1-29-25-39-42(47(28-29)24-23-46-40(49)13-9-6-10-22-45-41(50)17-14-32-11-7-5-8-12-32)31(3)44(51-39)21-19-35-36-16-15-33-26-34(48)18-20-43(33,4)38(36)27-37(35)30(44)2/h5,7-8,11-12,15,29,31,35-36,38-39,42H,6,9-10,13-14,16-28H2,1-4H3,(H,45,50)(H,46,49)/t29-,31+,35+,36-,38+,39+,42+,43-,44+/m0/s1. The molecule has 2 saturated carbocycles. The third-order valence-corrected chi connectivity index (χ3v) is 14.6. The number of likely N-dealkylation sites (tertiary alicyclic amines) is 1. The minimum absolute atomic E-state index is 0.0962. The number of unbranched alkanes of at least 4 members (excludes halogenated alkanes) is 2. The highest BCUT2D eigenvalue weighted by atomic mass is 16.5. The van der Waals surface area contributed by atoms with Crippen molar-refractivity contribution in [2.24, 2.45) is 35.0 Å². The maximum atomic E-state index is 12.8. The summed E-state index contributed by atoms with van der Waals surface area (Å²) in [6, 6.07) is 10.5. The summed E-state index contributed by atoms with van der Waals surface area (Å²) in [5.74, 6) is 3.68. The summed E-state index contributed by atoms with van der Waals surface area (Å²) in [7, 11) is 0. The minimum Gasteiger partial charge on any atom is -0.365 e. The average molecular weight is 698 g/mol. The number of hydrogen-bond donors (Lipinski definition) is 2. The molecule has 2 amide bonds. The van der Waals surface area contributed by atoms with Crippen LogP contribution in [0.25, 0.3) is 0 Å². The summed E-state index contributed by atoms with van der Waals surface area (Å²) >= 11 is 0. The zero-order valence-electron chi connectivity index (χ0n) is 31.8.